The maximum absolute atomic E-state index is 14.0. The van der Waals surface area contributed by atoms with Crippen molar-refractivity contribution in [3.05, 3.63) is 164 Å². The summed E-state index contributed by atoms with van der Waals surface area (Å²) in [5.41, 5.74) is 12.6. The lowest BCUT2D eigenvalue weighted by molar-refractivity contribution is 0.244. The third-order valence-electron chi connectivity index (χ3n) is 17.5. The summed E-state index contributed by atoms with van der Waals surface area (Å²) in [6.07, 6.45) is 7.22. The fraction of sp³-hybridized carbons (Fsp3) is 0.351. The molecule has 93 heavy (non-hydrogen) atoms. The summed E-state index contributed by atoms with van der Waals surface area (Å²) in [4.78, 5) is 36.3. The van der Waals surface area contributed by atoms with Gasteiger partial charge in [0, 0.05) is 94.1 Å². The van der Waals surface area contributed by atoms with Crippen molar-refractivity contribution in [2.45, 2.75) is 74.7 Å². The molecular formula is C77H90N6O10. The first-order valence-corrected chi connectivity index (χ1v) is 31.7. The molecule has 6 aromatic heterocycles. The molecule has 0 amide bonds. The Hall–Kier alpha value is -9.06. The maximum Gasteiger partial charge on any atom is 0.361 e. The summed E-state index contributed by atoms with van der Waals surface area (Å²) >= 11 is 0. The molecule has 0 aliphatic carbocycles. The first-order chi connectivity index (χ1) is 44.1. The van der Waals surface area contributed by atoms with E-state index in [1.165, 1.54) is 22.3 Å². The van der Waals surface area contributed by atoms with E-state index in [9.17, 15) is 19.8 Å². The number of nitrogens with zero attached hydrogens (tertiary/aromatic N) is 6. The highest BCUT2D eigenvalue weighted by Gasteiger charge is 2.27. The molecule has 12 rings (SSSR count). The lowest BCUT2D eigenvalue weighted by Gasteiger charge is -2.16. The Morgan fingerprint density at radius 1 is 0.387 bits per heavy atom. The number of aryl methyl sites for hydroxylation is 6. The molecule has 0 saturated carbocycles. The van der Waals surface area contributed by atoms with Crippen molar-refractivity contribution in [2.24, 2.45) is 0 Å². The van der Waals surface area contributed by atoms with Crippen LogP contribution in [0.2, 0.25) is 0 Å². The normalized spacial score (nSPS) is 11.9. The largest absolute Gasteiger partial charge is 0.508 e. The predicted octanol–water partition coefficient (Wildman–Crippen LogP) is 15.3. The van der Waals surface area contributed by atoms with Crippen molar-refractivity contribution in [1.29, 1.82) is 0 Å². The number of hydrogen-bond acceptors (Lipinski definition) is 14. The second-order valence-corrected chi connectivity index (χ2v) is 25.7. The number of pyridine rings is 2. The zero-order valence-electron chi connectivity index (χ0n) is 55.7. The average molecular weight is 1260 g/mol. The molecule has 0 atom stereocenters. The van der Waals surface area contributed by atoms with Gasteiger partial charge in [-0.05, 0) is 227 Å². The van der Waals surface area contributed by atoms with Crippen LogP contribution in [0.25, 0.3) is 98.6 Å². The topological polar surface area (TPSA) is 160 Å². The summed E-state index contributed by atoms with van der Waals surface area (Å²) < 4.78 is 41.3. The van der Waals surface area contributed by atoms with Gasteiger partial charge in [0.05, 0.1) is 37.5 Å². The number of benzene rings is 6. The van der Waals surface area contributed by atoms with E-state index in [2.05, 4.69) is 112 Å². The third-order valence-corrected chi connectivity index (χ3v) is 17.5. The minimum atomic E-state index is -0.492. The van der Waals surface area contributed by atoms with Crippen molar-refractivity contribution >= 4 is 76.3 Å². The van der Waals surface area contributed by atoms with Gasteiger partial charge < -0.3 is 66.4 Å². The summed E-state index contributed by atoms with van der Waals surface area (Å²) in [7, 11) is 16.3. The van der Waals surface area contributed by atoms with E-state index >= 15 is 0 Å². The van der Waals surface area contributed by atoms with Crippen molar-refractivity contribution in [2.75, 3.05) is 109 Å². The first-order valence-electron chi connectivity index (χ1n) is 31.7. The van der Waals surface area contributed by atoms with Gasteiger partial charge in [-0.3, -0.25) is 0 Å². The fourth-order valence-corrected chi connectivity index (χ4v) is 12.3. The van der Waals surface area contributed by atoms with Crippen LogP contribution in [0.4, 0.5) is 0 Å². The molecule has 0 bridgehead atoms. The average Bonchev–Trinajstić information content (AvgIpc) is 1.57. The molecule has 0 saturated heterocycles. The number of hydrogen-bond donors (Lipinski definition) is 2. The van der Waals surface area contributed by atoms with E-state index < -0.39 is 5.63 Å². The van der Waals surface area contributed by atoms with Crippen molar-refractivity contribution < 1.29 is 38.0 Å². The van der Waals surface area contributed by atoms with Gasteiger partial charge in [-0.2, -0.15) is 0 Å². The molecule has 16 nitrogen and oxygen atoms in total. The van der Waals surface area contributed by atoms with Gasteiger partial charge in [0.1, 0.15) is 33.7 Å². The van der Waals surface area contributed by atoms with Crippen LogP contribution in [0.1, 0.15) is 66.5 Å². The monoisotopic (exact) mass is 1260 g/mol. The van der Waals surface area contributed by atoms with Crippen LogP contribution < -0.4 is 30.2 Å². The number of phenolic OH excluding ortho intramolecular Hbond substituents is 2. The highest BCUT2D eigenvalue weighted by Crippen LogP contribution is 2.47. The highest BCUT2D eigenvalue weighted by molar-refractivity contribution is 6.23. The van der Waals surface area contributed by atoms with Crippen molar-refractivity contribution in [1.82, 2.24) is 28.4 Å². The van der Waals surface area contributed by atoms with Gasteiger partial charge >= 0.3 is 11.3 Å². The van der Waals surface area contributed by atoms with E-state index in [1.807, 2.05) is 106 Å². The van der Waals surface area contributed by atoms with E-state index in [4.69, 9.17) is 27.8 Å². The highest BCUT2D eigenvalue weighted by atomic mass is 16.5. The van der Waals surface area contributed by atoms with Crippen LogP contribution in [-0.4, -0.2) is 148 Å². The second-order valence-electron chi connectivity index (χ2n) is 25.7. The summed E-state index contributed by atoms with van der Waals surface area (Å²) in [5.74, 6) is 2.69. The maximum atomic E-state index is 14.0. The molecule has 0 aliphatic heterocycles. The van der Waals surface area contributed by atoms with E-state index in [1.54, 1.807) is 18.2 Å². The minimum Gasteiger partial charge on any atom is -0.508 e. The molecule has 0 spiro atoms. The summed E-state index contributed by atoms with van der Waals surface area (Å²) in [6, 6.07) is 31.7. The summed E-state index contributed by atoms with van der Waals surface area (Å²) in [5, 5.41) is 28.3. The van der Waals surface area contributed by atoms with E-state index in [0.29, 0.717) is 88.0 Å². The zero-order valence-corrected chi connectivity index (χ0v) is 55.7. The number of rotatable bonds is 22. The molecule has 0 fully saturated rings. The summed E-state index contributed by atoms with van der Waals surface area (Å²) in [6.45, 7) is 17.8. The SMILES string of the molecule is C.Cc1ccc(-c2c3c4cc(OCCCN(C)C)c(OCCCN(C)C)cc4oc(=O)c3n3ccc4cc(C)c(C)cc4c23)cc1C.Cc1ccc(-c2c3c4cc(OCCCN(C)C)c(OCCCN(C)C)cc4oc(=O)c3n3ccc4cc(O)c(C)cc4c23)cc1O. The van der Waals surface area contributed by atoms with Gasteiger partial charge in [0.25, 0.3) is 0 Å². The molecule has 12 aromatic rings. The third kappa shape index (κ3) is 13.7. The number of aromatic nitrogens is 2. The van der Waals surface area contributed by atoms with Crippen LogP contribution in [0, 0.1) is 41.5 Å². The minimum absolute atomic E-state index is 0. The number of aromatic hydroxyl groups is 2. The number of ether oxygens (including phenoxy) is 4. The van der Waals surface area contributed by atoms with Crippen LogP contribution >= 0.6 is 0 Å². The van der Waals surface area contributed by atoms with E-state index in [-0.39, 0.29) is 24.6 Å². The van der Waals surface area contributed by atoms with Crippen molar-refractivity contribution in [3.63, 3.8) is 0 Å². The quantitative estimate of drug-likeness (QED) is 0.0487. The molecule has 488 valence electrons. The molecule has 2 N–H and O–H groups in total. The van der Waals surface area contributed by atoms with Gasteiger partial charge in [-0.25, -0.2) is 9.59 Å². The number of fused-ring (bicyclic) bond motifs is 14. The molecule has 0 radical (unpaired) electrons. The van der Waals surface area contributed by atoms with Gasteiger partial charge in [0.15, 0.2) is 23.0 Å². The van der Waals surface area contributed by atoms with Crippen LogP contribution in [0.5, 0.6) is 34.5 Å². The van der Waals surface area contributed by atoms with Gasteiger partial charge in [-0.1, -0.05) is 43.8 Å². The lowest BCUT2D eigenvalue weighted by atomic mass is 9.95. The Morgan fingerprint density at radius 3 is 1.17 bits per heavy atom. The molecule has 0 unspecified atom stereocenters. The standard InChI is InChI=1S/C39H45N3O4.C37H41N3O6.CH4/c1-24-11-12-29(20-25(24)2)35-36-31-22-33(44-17-9-14-40(5)6)34(45-18-10-15-41(7)8)23-32(31)46-39(43)38(36)42-16-13-28-19-26(3)27(4)21-30(28)37(35)42;1-22-9-10-25(19-28(22)41)33-34-27-20-31(44-15-7-12-38(3)4)32(45-16-8-13-39(5)6)21-30(27)46-37(43)36(34)40-14-11-24-18-29(42)23(2)17-26(24)35(33)40;/h11-13,16,19-23H,9-10,14-15,17-18H2,1-8H3;9-11,14,17-21,41-42H,7-8,12-13,15-16H2,1-6H3;1H4. The van der Waals surface area contributed by atoms with Gasteiger partial charge in [0.2, 0.25) is 0 Å². The Balaban J connectivity index is 0.000000201. The predicted molar refractivity (Wildman–Crippen MR) is 381 cm³/mol. The Kier molecular flexibility index (Phi) is 20.2. The lowest BCUT2D eigenvalue weighted by Crippen LogP contribution is -2.16. The zero-order chi connectivity index (χ0) is 65.4. The molecule has 16 heteroatoms. The molecular weight excluding hydrogens is 1170 g/mol. The van der Waals surface area contributed by atoms with E-state index in [0.717, 1.165) is 123 Å². The van der Waals surface area contributed by atoms with Crippen LogP contribution in [0.3, 0.4) is 0 Å². The first kappa shape index (κ1) is 66.8. The molecule has 6 heterocycles. The fourth-order valence-electron chi connectivity index (χ4n) is 12.3. The van der Waals surface area contributed by atoms with Crippen molar-refractivity contribution in [3.8, 4) is 56.8 Å². The Bertz CT molecular complexity index is 4590. The molecule has 0 aliphatic rings. The number of phenols is 2. The van der Waals surface area contributed by atoms with Crippen LogP contribution in [-0.2, 0) is 0 Å². The van der Waals surface area contributed by atoms with Crippen LogP contribution in [0.15, 0.2) is 128 Å². The Morgan fingerprint density at radius 2 is 0.753 bits per heavy atom. The molecule has 6 aromatic carbocycles. The smallest absolute Gasteiger partial charge is 0.361 e. The van der Waals surface area contributed by atoms with Gasteiger partial charge in [-0.15, -0.1) is 0 Å². The second kappa shape index (κ2) is 28.0. The Labute approximate surface area is 544 Å².